The van der Waals surface area contributed by atoms with Gasteiger partial charge in [0.25, 0.3) is 0 Å². The van der Waals surface area contributed by atoms with Crippen LogP contribution in [0, 0.1) is 0 Å². The summed E-state index contributed by atoms with van der Waals surface area (Å²) in [6.07, 6.45) is 5.88. The maximum Gasteiger partial charge on any atom is 0.222 e. The van der Waals surface area contributed by atoms with Crippen molar-refractivity contribution in [2.45, 2.75) is 31.7 Å². The van der Waals surface area contributed by atoms with E-state index < -0.39 is 0 Å². The predicted octanol–water partition coefficient (Wildman–Crippen LogP) is 1.08. The highest BCUT2D eigenvalue weighted by molar-refractivity contribution is 7.98. The summed E-state index contributed by atoms with van der Waals surface area (Å²) in [7, 11) is 0. The van der Waals surface area contributed by atoms with E-state index in [1.54, 1.807) is 11.8 Å². The van der Waals surface area contributed by atoms with Crippen LogP contribution in [0.4, 0.5) is 0 Å². The quantitative estimate of drug-likeness (QED) is 0.715. The van der Waals surface area contributed by atoms with Crippen molar-refractivity contribution < 1.29 is 4.79 Å². The van der Waals surface area contributed by atoms with Crippen molar-refractivity contribution in [1.82, 2.24) is 4.90 Å². The Hall–Kier alpha value is -0.220. The molecule has 0 aromatic heterocycles. The molecule has 0 bridgehead atoms. The van der Waals surface area contributed by atoms with Gasteiger partial charge in [0.05, 0.1) is 0 Å². The van der Waals surface area contributed by atoms with Crippen LogP contribution >= 0.6 is 11.8 Å². The normalized spacial score (nSPS) is 22.4. The fraction of sp³-hybridized carbons (Fsp3) is 0.900. The van der Waals surface area contributed by atoms with Crippen LogP contribution in [0.1, 0.15) is 25.7 Å². The van der Waals surface area contributed by atoms with E-state index in [4.69, 9.17) is 5.73 Å². The molecule has 1 fully saturated rings. The fourth-order valence-corrected chi connectivity index (χ4v) is 2.20. The van der Waals surface area contributed by atoms with Crippen molar-refractivity contribution in [3.05, 3.63) is 0 Å². The van der Waals surface area contributed by atoms with E-state index in [1.165, 1.54) is 0 Å². The topological polar surface area (TPSA) is 46.3 Å². The van der Waals surface area contributed by atoms with Crippen LogP contribution in [0.15, 0.2) is 0 Å². The van der Waals surface area contributed by atoms with E-state index >= 15 is 0 Å². The number of carbonyl (C=O) groups excluding carboxylic acids is 1. The van der Waals surface area contributed by atoms with Gasteiger partial charge in [0.1, 0.15) is 0 Å². The summed E-state index contributed by atoms with van der Waals surface area (Å²) >= 11 is 1.80. The molecule has 1 aliphatic heterocycles. The lowest BCUT2D eigenvalue weighted by atomic mass is 10.1. The Morgan fingerprint density at radius 2 is 2.43 bits per heavy atom. The number of rotatable bonds is 4. The highest BCUT2D eigenvalue weighted by Gasteiger charge is 2.20. The van der Waals surface area contributed by atoms with Gasteiger partial charge in [0.2, 0.25) is 5.91 Å². The first-order chi connectivity index (χ1) is 6.74. The third-order valence-electron chi connectivity index (χ3n) is 2.55. The van der Waals surface area contributed by atoms with Crippen molar-refractivity contribution in [3.63, 3.8) is 0 Å². The molecular weight excluding hydrogens is 196 g/mol. The molecule has 0 aliphatic carbocycles. The second kappa shape index (κ2) is 6.30. The number of hydrogen-bond donors (Lipinski definition) is 1. The first-order valence-corrected chi connectivity index (χ1v) is 6.65. The van der Waals surface area contributed by atoms with Gasteiger partial charge in [0, 0.05) is 25.6 Å². The van der Waals surface area contributed by atoms with Gasteiger partial charge in [-0.2, -0.15) is 11.8 Å². The molecule has 0 aromatic carbocycles. The number of nitrogens with two attached hydrogens (primary N) is 1. The standard InChI is InChI=1S/C10H20N2OS/c1-14-7-3-5-10(13)12-6-2-4-9(11)8-12/h9H,2-8,11H2,1H3. The van der Waals surface area contributed by atoms with Crippen LogP contribution in [0.5, 0.6) is 0 Å². The van der Waals surface area contributed by atoms with Crippen molar-refractivity contribution in [1.29, 1.82) is 0 Å². The Morgan fingerprint density at radius 3 is 3.07 bits per heavy atom. The highest BCUT2D eigenvalue weighted by Crippen LogP contribution is 2.11. The summed E-state index contributed by atoms with van der Waals surface area (Å²) in [6.45, 7) is 1.67. The summed E-state index contributed by atoms with van der Waals surface area (Å²) in [5.74, 6) is 1.36. The van der Waals surface area contributed by atoms with E-state index in [2.05, 4.69) is 6.26 Å². The molecule has 0 radical (unpaired) electrons. The maximum absolute atomic E-state index is 11.7. The minimum absolute atomic E-state index is 0.202. The van der Waals surface area contributed by atoms with E-state index in [-0.39, 0.29) is 11.9 Å². The van der Waals surface area contributed by atoms with Gasteiger partial charge in [-0.1, -0.05) is 0 Å². The van der Waals surface area contributed by atoms with Gasteiger partial charge in [-0.15, -0.1) is 0 Å². The lowest BCUT2D eigenvalue weighted by Gasteiger charge is -2.30. The number of amides is 1. The Labute approximate surface area is 90.4 Å². The third kappa shape index (κ3) is 3.88. The lowest BCUT2D eigenvalue weighted by Crippen LogP contribution is -2.45. The number of likely N-dealkylation sites (tertiary alicyclic amines) is 1. The smallest absolute Gasteiger partial charge is 0.222 e. The number of hydrogen-bond acceptors (Lipinski definition) is 3. The van der Waals surface area contributed by atoms with Gasteiger partial charge in [-0.25, -0.2) is 0 Å². The molecule has 1 aliphatic rings. The van der Waals surface area contributed by atoms with Gasteiger partial charge in [-0.3, -0.25) is 4.79 Å². The Bertz CT molecular complexity index is 187. The van der Waals surface area contributed by atoms with Crippen molar-refractivity contribution >= 4 is 17.7 Å². The monoisotopic (exact) mass is 216 g/mol. The van der Waals surface area contributed by atoms with Crippen LogP contribution in [0.2, 0.25) is 0 Å². The average Bonchev–Trinajstić information content (AvgIpc) is 2.18. The van der Waals surface area contributed by atoms with Gasteiger partial charge in [-0.05, 0) is 31.3 Å². The summed E-state index contributed by atoms with van der Waals surface area (Å²) in [4.78, 5) is 13.6. The first-order valence-electron chi connectivity index (χ1n) is 5.26. The lowest BCUT2D eigenvalue weighted by molar-refractivity contribution is -0.132. The molecule has 1 saturated heterocycles. The van der Waals surface area contributed by atoms with Crippen LogP contribution in [0.3, 0.4) is 0 Å². The summed E-state index contributed by atoms with van der Waals surface area (Å²) < 4.78 is 0. The van der Waals surface area contributed by atoms with E-state index in [0.29, 0.717) is 6.42 Å². The molecule has 3 nitrogen and oxygen atoms in total. The summed E-state index contributed by atoms with van der Waals surface area (Å²) in [6, 6.07) is 0.202. The number of piperidine rings is 1. The second-order valence-corrected chi connectivity index (χ2v) is 4.82. The Kier molecular flexibility index (Phi) is 5.33. The number of thioether (sulfide) groups is 1. The molecular formula is C10H20N2OS. The van der Waals surface area contributed by atoms with Gasteiger partial charge < -0.3 is 10.6 Å². The molecule has 2 N–H and O–H groups in total. The minimum Gasteiger partial charge on any atom is -0.341 e. The predicted molar refractivity (Wildman–Crippen MR) is 61.4 cm³/mol. The SMILES string of the molecule is CSCCCC(=O)N1CCCC(N)C1. The Morgan fingerprint density at radius 1 is 1.64 bits per heavy atom. The zero-order chi connectivity index (χ0) is 10.4. The van der Waals surface area contributed by atoms with Crippen LogP contribution in [-0.4, -0.2) is 41.9 Å². The molecule has 1 rings (SSSR count). The minimum atomic E-state index is 0.202. The van der Waals surface area contributed by atoms with Crippen molar-refractivity contribution in [2.24, 2.45) is 5.73 Å². The van der Waals surface area contributed by atoms with Crippen LogP contribution in [-0.2, 0) is 4.79 Å². The van der Waals surface area contributed by atoms with Crippen molar-refractivity contribution in [3.8, 4) is 0 Å². The third-order valence-corrected chi connectivity index (χ3v) is 3.25. The zero-order valence-corrected chi connectivity index (χ0v) is 9.68. The molecule has 1 atom stereocenters. The summed E-state index contributed by atoms with van der Waals surface area (Å²) in [5.41, 5.74) is 5.82. The maximum atomic E-state index is 11.7. The molecule has 4 heteroatoms. The molecule has 82 valence electrons. The average molecular weight is 216 g/mol. The molecule has 1 amide bonds. The molecule has 1 unspecified atom stereocenters. The first kappa shape index (κ1) is 11.9. The van der Waals surface area contributed by atoms with E-state index in [1.807, 2.05) is 4.90 Å². The van der Waals surface area contributed by atoms with Gasteiger partial charge >= 0.3 is 0 Å². The Balaban J connectivity index is 2.22. The molecule has 0 spiro atoms. The highest BCUT2D eigenvalue weighted by atomic mass is 32.2. The van der Waals surface area contributed by atoms with E-state index in [0.717, 1.165) is 38.1 Å². The zero-order valence-electron chi connectivity index (χ0n) is 8.87. The summed E-state index contributed by atoms with van der Waals surface area (Å²) in [5, 5.41) is 0. The fourth-order valence-electron chi connectivity index (χ4n) is 1.76. The molecule has 0 saturated carbocycles. The van der Waals surface area contributed by atoms with Gasteiger partial charge in [0.15, 0.2) is 0 Å². The molecule has 0 aromatic rings. The molecule has 1 heterocycles. The van der Waals surface area contributed by atoms with Crippen LogP contribution < -0.4 is 5.73 Å². The number of nitrogens with zero attached hydrogens (tertiary/aromatic N) is 1. The van der Waals surface area contributed by atoms with Crippen LogP contribution in [0.25, 0.3) is 0 Å². The second-order valence-electron chi connectivity index (χ2n) is 3.84. The largest absolute Gasteiger partial charge is 0.341 e. The van der Waals surface area contributed by atoms with Crippen molar-refractivity contribution in [2.75, 3.05) is 25.1 Å². The van der Waals surface area contributed by atoms with E-state index in [9.17, 15) is 4.79 Å². The number of carbonyl (C=O) groups is 1. The molecule has 14 heavy (non-hydrogen) atoms.